The topological polar surface area (TPSA) is 54.9 Å². The highest BCUT2D eigenvalue weighted by molar-refractivity contribution is 6.30. The van der Waals surface area contributed by atoms with E-state index in [0.717, 1.165) is 33.3 Å². The van der Waals surface area contributed by atoms with Gasteiger partial charge in [0.2, 0.25) is 0 Å². The summed E-state index contributed by atoms with van der Waals surface area (Å²) >= 11 is 6.04. The minimum Gasteiger partial charge on any atom is -0.348 e. The molecule has 0 aliphatic carbocycles. The SMILES string of the molecule is Cc1ccc2nc(-c3ccncc3)cc(C(=O)NCc3cccc(Cl)c3)c2c1. The Bertz CT molecular complexity index is 1160. The van der Waals surface area contributed by atoms with Gasteiger partial charge in [0.15, 0.2) is 0 Å². The molecule has 1 N–H and O–H groups in total. The lowest BCUT2D eigenvalue weighted by Crippen LogP contribution is -2.23. The molecule has 4 aromatic rings. The number of aromatic nitrogens is 2. The molecule has 4 nitrogen and oxygen atoms in total. The van der Waals surface area contributed by atoms with Gasteiger partial charge in [-0.2, -0.15) is 0 Å². The molecule has 0 aliphatic heterocycles. The molecule has 0 saturated heterocycles. The van der Waals surface area contributed by atoms with Crippen LogP contribution in [0.15, 0.2) is 73.1 Å². The Morgan fingerprint density at radius 2 is 1.86 bits per heavy atom. The van der Waals surface area contributed by atoms with Crippen molar-refractivity contribution in [2.45, 2.75) is 13.5 Å². The lowest BCUT2D eigenvalue weighted by Gasteiger charge is -2.11. The van der Waals surface area contributed by atoms with Gasteiger partial charge in [0, 0.05) is 34.9 Å². The first kappa shape index (κ1) is 18.1. The van der Waals surface area contributed by atoms with Crippen LogP contribution in [0, 0.1) is 6.92 Å². The molecule has 28 heavy (non-hydrogen) atoms. The molecule has 138 valence electrons. The second kappa shape index (κ2) is 7.79. The maximum atomic E-state index is 13.0. The summed E-state index contributed by atoms with van der Waals surface area (Å²) in [4.78, 5) is 21.8. The molecule has 0 bridgehead atoms. The normalized spacial score (nSPS) is 10.8. The zero-order valence-electron chi connectivity index (χ0n) is 15.3. The predicted molar refractivity (Wildman–Crippen MR) is 112 cm³/mol. The Morgan fingerprint density at radius 1 is 1.04 bits per heavy atom. The summed E-state index contributed by atoms with van der Waals surface area (Å²) < 4.78 is 0. The van der Waals surface area contributed by atoms with E-state index in [1.807, 2.05) is 67.6 Å². The van der Waals surface area contributed by atoms with Crippen LogP contribution in [0.2, 0.25) is 5.02 Å². The first-order chi connectivity index (χ1) is 13.6. The number of carbonyl (C=O) groups excluding carboxylic acids is 1. The molecule has 0 unspecified atom stereocenters. The highest BCUT2D eigenvalue weighted by atomic mass is 35.5. The molecule has 2 heterocycles. The number of aryl methyl sites for hydroxylation is 1. The molecule has 0 spiro atoms. The number of benzene rings is 2. The molecule has 2 aromatic carbocycles. The maximum Gasteiger partial charge on any atom is 0.252 e. The van der Waals surface area contributed by atoms with Crippen LogP contribution >= 0.6 is 11.6 Å². The van der Waals surface area contributed by atoms with Crippen molar-refractivity contribution in [3.05, 3.63) is 94.8 Å². The monoisotopic (exact) mass is 387 g/mol. The van der Waals surface area contributed by atoms with Crippen molar-refractivity contribution < 1.29 is 4.79 Å². The molecule has 4 rings (SSSR count). The van der Waals surface area contributed by atoms with Gasteiger partial charge in [-0.3, -0.25) is 9.78 Å². The van der Waals surface area contributed by atoms with Crippen molar-refractivity contribution in [3.8, 4) is 11.3 Å². The fourth-order valence-electron chi connectivity index (χ4n) is 3.12. The number of nitrogens with zero attached hydrogens (tertiary/aromatic N) is 2. The van der Waals surface area contributed by atoms with Crippen LogP contribution in [0.5, 0.6) is 0 Å². The van der Waals surface area contributed by atoms with E-state index in [1.54, 1.807) is 12.4 Å². The van der Waals surface area contributed by atoms with Crippen molar-refractivity contribution >= 4 is 28.4 Å². The quantitative estimate of drug-likeness (QED) is 0.524. The van der Waals surface area contributed by atoms with Crippen LogP contribution in [0.3, 0.4) is 0 Å². The average molecular weight is 388 g/mol. The lowest BCUT2D eigenvalue weighted by molar-refractivity contribution is 0.0952. The minimum atomic E-state index is -0.145. The van der Waals surface area contributed by atoms with Crippen LogP contribution < -0.4 is 5.32 Å². The van der Waals surface area contributed by atoms with Gasteiger partial charge in [-0.05, 0) is 55.0 Å². The number of amides is 1. The molecule has 0 fully saturated rings. The molecule has 1 amide bonds. The second-order valence-corrected chi connectivity index (χ2v) is 7.06. The third-order valence-corrected chi connectivity index (χ3v) is 4.76. The van der Waals surface area contributed by atoms with Crippen molar-refractivity contribution in [2.75, 3.05) is 0 Å². The van der Waals surface area contributed by atoms with E-state index >= 15 is 0 Å². The van der Waals surface area contributed by atoms with E-state index in [1.165, 1.54) is 0 Å². The standard InChI is InChI=1S/C23H18ClN3O/c1-15-5-6-21-19(11-15)20(13-22(27-21)17-7-9-25-10-8-17)23(28)26-14-16-3-2-4-18(24)12-16/h2-13H,14H2,1H3,(H,26,28). The zero-order chi connectivity index (χ0) is 19.5. The Kier molecular flexibility index (Phi) is 5.04. The van der Waals surface area contributed by atoms with E-state index in [4.69, 9.17) is 16.6 Å². The van der Waals surface area contributed by atoms with E-state index in [0.29, 0.717) is 17.1 Å². The summed E-state index contributed by atoms with van der Waals surface area (Å²) in [6, 6.07) is 19.0. The Labute approximate surface area is 168 Å². The number of carbonyl (C=O) groups is 1. The van der Waals surface area contributed by atoms with Crippen LogP contribution in [0.1, 0.15) is 21.5 Å². The van der Waals surface area contributed by atoms with Gasteiger partial charge < -0.3 is 5.32 Å². The molecule has 0 atom stereocenters. The number of rotatable bonds is 4. The summed E-state index contributed by atoms with van der Waals surface area (Å²) in [6.45, 7) is 2.41. The second-order valence-electron chi connectivity index (χ2n) is 6.62. The number of pyridine rings is 2. The van der Waals surface area contributed by atoms with Crippen LogP contribution in [0.4, 0.5) is 0 Å². The number of hydrogen-bond donors (Lipinski definition) is 1. The van der Waals surface area contributed by atoms with Crippen LogP contribution in [0.25, 0.3) is 22.2 Å². The molecular weight excluding hydrogens is 370 g/mol. The maximum absolute atomic E-state index is 13.0. The number of hydrogen-bond acceptors (Lipinski definition) is 3. The largest absolute Gasteiger partial charge is 0.348 e. The third-order valence-electron chi connectivity index (χ3n) is 4.53. The van der Waals surface area contributed by atoms with Crippen molar-refractivity contribution in [3.63, 3.8) is 0 Å². The Balaban J connectivity index is 1.73. The van der Waals surface area contributed by atoms with Gasteiger partial charge >= 0.3 is 0 Å². The number of fused-ring (bicyclic) bond motifs is 1. The number of halogens is 1. The summed E-state index contributed by atoms with van der Waals surface area (Å²) in [7, 11) is 0. The zero-order valence-corrected chi connectivity index (χ0v) is 16.1. The highest BCUT2D eigenvalue weighted by Gasteiger charge is 2.14. The molecule has 2 aromatic heterocycles. The van der Waals surface area contributed by atoms with E-state index in [2.05, 4.69) is 10.3 Å². The van der Waals surface area contributed by atoms with Gasteiger partial charge in [-0.15, -0.1) is 0 Å². The first-order valence-electron chi connectivity index (χ1n) is 8.94. The van der Waals surface area contributed by atoms with E-state index in [9.17, 15) is 4.79 Å². The van der Waals surface area contributed by atoms with Gasteiger partial charge in [0.05, 0.1) is 16.8 Å². The first-order valence-corrected chi connectivity index (χ1v) is 9.32. The molecule has 0 radical (unpaired) electrons. The van der Waals surface area contributed by atoms with E-state index in [-0.39, 0.29) is 5.91 Å². The minimum absolute atomic E-state index is 0.145. The summed E-state index contributed by atoms with van der Waals surface area (Å²) in [6.07, 6.45) is 3.44. The van der Waals surface area contributed by atoms with E-state index < -0.39 is 0 Å². The molecule has 5 heteroatoms. The smallest absolute Gasteiger partial charge is 0.252 e. The van der Waals surface area contributed by atoms with Gasteiger partial charge in [0.25, 0.3) is 5.91 Å². The molecular formula is C23H18ClN3O. The highest BCUT2D eigenvalue weighted by Crippen LogP contribution is 2.25. The van der Waals surface area contributed by atoms with Gasteiger partial charge in [-0.25, -0.2) is 4.98 Å². The van der Waals surface area contributed by atoms with Gasteiger partial charge in [-0.1, -0.05) is 35.4 Å². The number of nitrogens with one attached hydrogen (secondary N) is 1. The molecule has 0 aliphatic rings. The molecule has 0 saturated carbocycles. The fraction of sp³-hybridized carbons (Fsp3) is 0.0870. The Hall–Kier alpha value is -3.24. The van der Waals surface area contributed by atoms with Crippen molar-refractivity contribution in [2.24, 2.45) is 0 Å². The van der Waals surface area contributed by atoms with Crippen molar-refractivity contribution in [1.82, 2.24) is 15.3 Å². The lowest BCUT2D eigenvalue weighted by atomic mass is 10.0. The predicted octanol–water partition coefficient (Wildman–Crippen LogP) is 5.19. The summed E-state index contributed by atoms with van der Waals surface area (Å²) in [5.41, 5.74) is 5.07. The summed E-state index contributed by atoms with van der Waals surface area (Å²) in [5, 5.41) is 4.48. The Morgan fingerprint density at radius 3 is 2.64 bits per heavy atom. The van der Waals surface area contributed by atoms with Crippen molar-refractivity contribution in [1.29, 1.82) is 0 Å². The van der Waals surface area contributed by atoms with Crippen LogP contribution in [-0.2, 0) is 6.54 Å². The third kappa shape index (κ3) is 3.87. The average Bonchev–Trinajstić information content (AvgIpc) is 2.72. The van der Waals surface area contributed by atoms with Crippen LogP contribution in [-0.4, -0.2) is 15.9 Å². The summed E-state index contributed by atoms with van der Waals surface area (Å²) in [5.74, 6) is -0.145. The van der Waals surface area contributed by atoms with Gasteiger partial charge in [0.1, 0.15) is 0 Å². The fourth-order valence-corrected chi connectivity index (χ4v) is 3.34.